The first-order valence-corrected chi connectivity index (χ1v) is 7.84. The summed E-state index contributed by atoms with van der Waals surface area (Å²) in [6, 6.07) is 15.0. The van der Waals surface area contributed by atoms with Gasteiger partial charge in [0.15, 0.2) is 5.82 Å². The van der Waals surface area contributed by atoms with Gasteiger partial charge in [0.05, 0.1) is 29.2 Å². The molecular formula is C17H16ClN5O. The van der Waals surface area contributed by atoms with Gasteiger partial charge in [-0.15, -0.1) is 5.10 Å². The standard InChI is InChI=1S/C17H16ClN5O/c1-2-24-15-10-6-5-9-14(15)20-16-11-19-23-17(22-16)21-13-8-4-3-7-12(13)18/h3-11H,2H2,1H3,(H2,20,21,22,23). The highest BCUT2D eigenvalue weighted by Gasteiger charge is 2.07. The summed E-state index contributed by atoms with van der Waals surface area (Å²) in [7, 11) is 0. The van der Waals surface area contributed by atoms with Crippen LogP contribution < -0.4 is 15.4 Å². The van der Waals surface area contributed by atoms with E-state index in [0.29, 0.717) is 29.1 Å². The van der Waals surface area contributed by atoms with Crippen LogP contribution in [0.5, 0.6) is 5.75 Å². The molecule has 24 heavy (non-hydrogen) atoms. The lowest BCUT2D eigenvalue weighted by molar-refractivity contribution is 0.342. The van der Waals surface area contributed by atoms with Crippen molar-refractivity contribution in [2.24, 2.45) is 0 Å². The van der Waals surface area contributed by atoms with Gasteiger partial charge in [-0.2, -0.15) is 10.1 Å². The molecule has 0 bridgehead atoms. The summed E-state index contributed by atoms with van der Waals surface area (Å²) in [6.45, 7) is 2.52. The highest BCUT2D eigenvalue weighted by molar-refractivity contribution is 6.33. The van der Waals surface area contributed by atoms with E-state index in [1.165, 1.54) is 0 Å². The zero-order chi connectivity index (χ0) is 16.8. The second-order valence-corrected chi connectivity index (χ2v) is 5.23. The van der Waals surface area contributed by atoms with Crippen molar-refractivity contribution in [1.82, 2.24) is 15.2 Å². The average molecular weight is 342 g/mol. The summed E-state index contributed by atoms with van der Waals surface area (Å²) in [5.74, 6) is 1.65. The molecule has 0 saturated carbocycles. The summed E-state index contributed by atoms with van der Waals surface area (Å²) >= 11 is 6.13. The van der Waals surface area contributed by atoms with Gasteiger partial charge in [0, 0.05) is 0 Å². The summed E-state index contributed by atoms with van der Waals surface area (Å²) < 4.78 is 5.59. The van der Waals surface area contributed by atoms with Crippen LogP contribution in [-0.4, -0.2) is 21.8 Å². The maximum absolute atomic E-state index is 6.13. The van der Waals surface area contributed by atoms with E-state index in [2.05, 4.69) is 25.8 Å². The van der Waals surface area contributed by atoms with E-state index in [4.69, 9.17) is 16.3 Å². The summed E-state index contributed by atoms with van der Waals surface area (Å²) in [5, 5.41) is 14.8. The molecule has 2 aromatic carbocycles. The Labute approximate surface area is 144 Å². The van der Waals surface area contributed by atoms with Crippen molar-refractivity contribution < 1.29 is 4.74 Å². The third-order valence-corrected chi connectivity index (χ3v) is 3.46. The number of para-hydroxylation sites is 3. The van der Waals surface area contributed by atoms with E-state index in [1.807, 2.05) is 49.4 Å². The number of hydrogen-bond donors (Lipinski definition) is 2. The Hall–Kier alpha value is -2.86. The molecule has 0 aliphatic carbocycles. The molecule has 0 amide bonds. The fraction of sp³-hybridized carbons (Fsp3) is 0.118. The van der Waals surface area contributed by atoms with Gasteiger partial charge in [-0.25, -0.2) is 0 Å². The van der Waals surface area contributed by atoms with Gasteiger partial charge in [-0.1, -0.05) is 35.9 Å². The molecular weight excluding hydrogens is 326 g/mol. The van der Waals surface area contributed by atoms with Crippen LogP contribution in [0, 0.1) is 0 Å². The van der Waals surface area contributed by atoms with Crippen LogP contribution in [-0.2, 0) is 0 Å². The molecule has 0 atom stereocenters. The number of benzene rings is 2. The maximum Gasteiger partial charge on any atom is 0.249 e. The van der Waals surface area contributed by atoms with Gasteiger partial charge < -0.3 is 15.4 Å². The molecule has 0 aliphatic heterocycles. The molecule has 0 unspecified atom stereocenters. The van der Waals surface area contributed by atoms with Crippen molar-refractivity contribution in [2.75, 3.05) is 17.2 Å². The third-order valence-electron chi connectivity index (χ3n) is 3.13. The van der Waals surface area contributed by atoms with Gasteiger partial charge in [-0.05, 0) is 31.2 Å². The normalized spacial score (nSPS) is 10.2. The molecule has 3 rings (SSSR count). The SMILES string of the molecule is CCOc1ccccc1Nc1cnnc(Nc2ccccc2Cl)n1. The Morgan fingerprint density at radius 3 is 2.54 bits per heavy atom. The van der Waals surface area contributed by atoms with Crippen LogP contribution in [0.1, 0.15) is 6.92 Å². The Kier molecular flexibility index (Phi) is 5.08. The molecule has 3 aromatic rings. The quantitative estimate of drug-likeness (QED) is 0.692. The lowest BCUT2D eigenvalue weighted by atomic mass is 10.3. The minimum absolute atomic E-state index is 0.349. The number of halogens is 1. The number of nitrogens with zero attached hydrogens (tertiary/aromatic N) is 3. The zero-order valence-corrected chi connectivity index (χ0v) is 13.8. The molecule has 0 spiro atoms. The van der Waals surface area contributed by atoms with E-state index in [9.17, 15) is 0 Å². The molecule has 7 heteroatoms. The topological polar surface area (TPSA) is 72.0 Å². The molecule has 0 saturated heterocycles. The summed E-state index contributed by atoms with van der Waals surface area (Å²) in [4.78, 5) is 4.40. The number of nitrogens with one attached hydrogen (secondary N) is 2. The van der Waals surface area contributed by atoms with Crippen molar-refractivity contribution in [3.63, 3.8) is 0 Å². The average Bonchev–Trinajstić information content (AvgIpc) is 2.59. The zero-order valence-electron chi connectivity index (χ0n) is 13.0. The lowest BCUT2D eigenvalue weighted by Crippen LogP contribution is -2.03. The highest BCUT2D eigenvalue weighted by Crippen LogP contribution is 2.27. The Bertz CT molecular complexity index is 827. The van der Waals surface area contributed by atoms with Crippen LogP contribution in [0.25, 0.3) is 0 Å². The van der Waals surface area contributed by atoms with Gasteiger partial charge in [-0.3, -0.25) is 0 Å². The van der Waals surface area contributed by atoms with Gasteiger partial charge >= 0.3 is 0 Å². The van der Waals surface area contributed by atoms with Crippen LogP contribution in [0.15, 0.2) is 54.7 Å². The Balaban J connectivity index is 1.80. The summed E-state index contributed by atoms with van der Waals surface area (Å²) in [6.07, 6.45) is 1.54. The molecule has 0 fully saturated rings. The van der Waals surface area contributed by atoms with Crippen LogP contribution in [0.3, 0.4) is 0 Å². The largest absolute Gasteiger partial charge is 0.492 e. The van der Waals surface area contributed by atoms with Gasteiger partial charge in [0.25, 0.3) is 0 Å². The first kappa shape index (κ1) is 16.0. The maximum atomic E-state index is 6.13. The van der Waals surface area contributed by atoms with Crippen LogP contribution in [0.4, 0.5) is 23.1 Å². The van der Waals surface area contributed by atoms with E-state index in [1.54, 1.807) is 12.3 Å². The predicted octanol–water partition coefficient (Wildman–Crippen LogP) is 4.41. The van der Waals surface area contributed by atoms with E-state index in [-0.39, 0.29) is 0 Å². The van der Waals surface area contributed by atoms with E-state index >= 15 is 0 Å². The minimum Gasteiger partial charge on any atom is -0.492 e. The molecule has 6 nitrogen and oxygen atoms in total. The number of ether oxygens (including phenoxy) is 1. The van der Waals surface area contributed by atoms with Gasteiger partial charge in [0.1, 0.15) is 5.75 Å². The summed E-state index contributed by atoms with van der Waals surface area (Å²) in [5.41, 5.74) is 1.52. The first-order valence-electron chi connectivity index (χ1n) is 7.46. The molecule has 0 radical (unpaired) electrons. The van der Waals surface area contributed by atoms with Crippen molar-refractivity contribution in [3.8, 4) is 5.75 Å². The van der Waals surface area contributed by atoms with Crippen molar-refractivity contribution in [2.45, 2.75) is 6.92 Å². The predicted molar refractivity (Wildman–Crippen MR) is 95.5 cm³/mol. The molecule has 1 heterocycles. The fourth-order valence-electron chi connectivity index (χ4n) is 2.09. The molecule has 2 N–H and O–H groups in total. The lowest BCUT2D eigenvalue weighted by Gasteiger charge is -2.12. The number of hydrogen-bond acceptors (Lipinski definition) is 6. The first-order chi connectivity index (χ1) is 11.8. The Morgan fingerprint density at radius 1 is 1.00 bits per heavy atom. The van der Waals surface area contributed by atoms with E-state index in [0.717, 1.165) is 11.4 Å². The van der Waals surface area contributed by atoms with Crippen LogP contribution in [0.2, 0.25) is 5.02 Å². The smallest absolute Gasteiger partial charge is 0.249 e. The fourth-order valence-corrected chi connectivity index (χ4v) is 2.27. The molecule has 0 aliphatic rings. The second kappa shape index (κ2) is 7.61. The monoisotopic (exact) mass is 341 g/mol. The number of rotatable bonds is 6. The second-order valence-electron chi connectivity index (χ2n) is 4.82. The molecule has 1 aromatic heterocycles. The number of anilines is 4. The third kappa shape index (κ3) is 3.91. The molecule has 122 valence electrons. The van der Waals surface area contributed by atoms with Crippen molar-refractivity contribution >= 4 is 34.7 Å². The Morgan fingerprint density at radius 2 is 1.75 bits per heavy atom. The highest BCUT2D eigenvalue weighted by atomic mass is 35.5. The van der Waals surface area contributed by atoms with E-state index < -0.39 is 0 Å². The van der Waals surface area contributed by atoms with Crippen molar-refractivity contribution in [3.05, 3.63) is 59.8 Å². The minimum atomic E-state index is 0.349. The van der Waals surface area contributed by atoms with Crippen LogP contribution >= 0.6 is 11.6 Å². The number of aromatic nitrogens is 3. The van der Waals surface area contributed by atoms with Gasteiger partial charge in [0.2, 0.25) is 5.95 Å². The van der Waals surface area contributed by atoms with Crippen molar-refractivity contribution in [1.29, 1.82) is 0 Å².